The molecule has 0 saturated carbocycles. The molecule has 3 rings (SSSR count). The maximum Gasteiger partial charge on any atom is 0.416 e. The number of anilines is 2. The summed E-state index contributed by atoms with van der Waals surface area (Å²) in [6, 6.07) is 7.87. The number of hydrogen-bond donors (Lipinski definition) is 2. The van der Waals surface area contributed by atoms with Crippen LogP contribution in [0.1, 0.15) is 26.4 Å². The first-order valence-electron chi connectivity index (χ1n) is 7.45. The zero-order valence-corrected chi connectivity index (χ0v) is 14.1. The molecule has 2 aromatic heterocycles. The lowest BCUT2D eigenvalue weighted by molar-refractivity contribution is -0.137. The van der Waals surface area contributed by atoms with Crippen molar-refractivity contribution in [2.75, 3.05) is 11.1 Å². The SMILES string of the molecule is Nc1ncccc1CNc1ncc(C(=O)c2cccc(C(F)(F)F)c2)s1. The molecule has 0 aliphatic rings. The Hall–Kier alpha value is -2.94. The number of nitrogens with two attached hydrogens (primary N) is 1. The second kappa shape index (κ2) is 7.12. The fourth-order valence-electron chi connectivity index (χ4n) is 2.21. The maximum absolute atomic E-state index is 12.8. The van der Waals surface area contributed by atoms with Crippen LogP contribution >= 0.6 is 11.3 Å². The van der Waals surface area contributed by atoms with Crippen molar-refractivity contribution < 1.29 is 18.0 Å². The van der Waals surface area contributed by atoms with Gasteiger partial charge in [0.05, 0.1) is 16.6 Å². The van der Waals surface area contributed by atoms with Crippen molar-refractivity contribution in [1.29, 1.82) is 0 Å². The molecule has 0 spiro atoms. The first-order chi connectivity index (χ1) is 12.3. The van der Waals surface area contributed by atoms with Gasteiger partial charge in [-0.2, -0.15) is 13.2 Å². The molecule has 0 aliphatic carbocycles. The smallest absolute Gasteiger partial charge is 0.383 e. The Kier molecular flexibility index (Phi) is 4.90. The molecule has 9 heteroatoms. The van der Waals surface area contributed by atoms with E-state index in [2.05, 4.69) is 15.3 Å². The van der Waals surface area contributed by atoms with Crippen molar-refractivity contribution in [3.8, 4) is 0 Å². The molecule has 134 valence electrons. The monoisotopic (exact) mass is 378 g/mol. The summed E-state index contributed by atoms with van der Waals surface area (Å²) in [7, 11) is 0. The molecular weight excluding hydrogens is 365 g/mol. The quantitative estimate of drug-likeness (QED) is 0.657. The molecule has 0 bridgehead atoms. The number of alkyl halides is 3. The molecule has 0 unspecified atom stereocenters. The molecular formula is C17H13F3N4OS. The van der Waals surface area contributed by atoms with Crippen LogP contribution in [0.25, 0.3) is 0 Å². The van der Waals surface area contributed by atoms with E-state index in [0.29, 0.717) is 17.5 Å². The first kappa shape index (κ1) is 17.9. The van der Waals surface area contributed by atoms with Crippen molar-refractivity contribution in [1.82, 2.24) is 9.97 Å². The van der Waals surface area contributed by atoms with Gasteiger partial charge in [0.1, 0.15) is 5.82 Å². The molecule has 0 atom stereocenters. The lowest BCUT2D eigenvalue weighted by Gasteiger charge is -2.07. The topological polar surface area (TPSA) is 80.9 Å². The van der Waals surface area contributed by atoms with Crippen LogP contribution in [0.4, 0.5) is 24.1 Å². The summed E-state index contributed by atoms with van der Waals surface area (Å²) in [6.07, 6.45) is -1.59. The molecule has 3 aromatic rings. The third kappa shape index (κ3) is 3.99. The molecule has 0 aliphatic heterocycles. The fraction of sp³-hybridized carbons (Fsp3) is 0.118. The van der Waals surface area contributed by atoms with Crippen LogP contribution in [0.3, 0.4) is 0 Å². The number of nitrogens with zero attached hydrogens (tertiary/aromatic N) is 2. The molecule has 2 heterocycles. The molecule has 3 N–H and O–H groups in total. The van der Waals surface area contributed by atoms with Crippen molar-refractivity contribution in [3.05, 3.63) is 70.4 Å². The Bertz CT molecular complexity index is 940. The number of halogens is 3. The highest BCUT2D eigenvalue weighted by atomic mass is 32.1. The zero-order valence-electron chi connectivity index (χ0n) is 13.2. The van der Waals surface area contributed by atoms with Crippen molar-refractivity contribution in [2.45, 2.75) is 12.7 Å². The van der Waals surface area contributed by atoms with E-state index in [0.717, 1.165) is 29.0 Å². The van der Waals surface area contributed by atoms with Gasteiger partial charge < -0.3 is 11.1 Å². The number of thiazole rings is 1. The number of carbonyl (C=O) groups excluding carboxylic acids is 1. The highest BCUT2D eigenvalue weighted by molar-refractivity contribution is 7.17. The molecule has 0 saturated heterocycles. The van der Waals surface area contributed by atoms with Crippen LogP contribution in [0, 0.1) is 0 Å². The van der Waals surface area contributed by atoms with Crippen LogP contribution in [0.2, 0.25) is 0 Å². The molecule has 26 heavy (non-hydrogen) atoms. The molecule has 0 radical (unpaired) electrons. The molecule has 0 amide bonds. The van der Waals surface area contributed by atoms with Gasteiger partial charge in [0.15, 0.2) is 5.13 Å². The number of benzene rings is 1. The Balaban J connectivity index is 1.73. The van der Waals surface area contributed by atoms with E-state index in [1.165, 1.54) is 18.3 Å². The fourth-order valence-corrected chi connectivity index (χ4v) is 2.98. The van der Waals surface area contributed by atoms with E-state index in [1.54, 1.807) is 18.3 Å². The Morgan fingerprint density at radius 2 is 2.00 bits per heavy atom. The summed E-state index contributed by atoms with van der Waals surface area (Å²) in [4.78, 5) is 20.7. The number of nitrogens with one attached hydrogen (secondary N) is 1. The minimum absolute atomic E-state index is 0.0356. The van der Waals surface area contributed by atoms with Crippen molar-refractivity contribution >= 4 is 28.1 Å². The maximum atomic E-state index is 12.8. The summed E-state index contributed by atoms with van der Waals surface area (Å²) in [6.45, 7) is 0.365. The number of rotatable bonds is 5. The van der Waals surface area contributed by atoms with E-state index < -0.39 is 17.5 Å². The van der Waals surface area contributed by atoms with E-state index in [-0.39, 0.29) is 10.4 Å². The number of pyridine rings is 1. The molecule has 5 nitrogen and oxygen atoms in total. The zero-order chi connectivity index (χ0) is 18.7. The van der Waals surface area contributed by atoms with Gasteiger partial charge in [0.25, 0.3) is 0 Å². The second-order valence-electron chi connectivity index (χ2n) is 5.34. The van der Waals surface area contributed by atoms with Gasteiger partial charge in [-0.1, -0.05) is 29.5 Å². The Morgan fingerprint density at radius 3 is 2.73 bits per heavy atom. The average Bonchev–Trinajstić information content (AvgIpc) is 3.09. The van der Waals surface area contributed by atoms with Crippen molar-refractivity contribution in [2.24, 2.45) is 0 Å². The van der Waals surface area contributed by atoms with Gasteiger partial charge in [-0.15, -0.1) is 0 Å². The van der Waals surface area contributed by atoms with Gasteiger partial charge in [0, 0.05) is 23.9 Å². The summed E-state index contributed by atoms with van der Waals surface area (Å²) in [5, 5.41) is 3.48. The lowest BCUT2D eigenvalue weighted by Crippen LogP contribution is -2.07. The number of ketones is 1. The van der Waals surface area contributed by atoms with Crippen molar-refractivity contribution in [3.63, 3.8) is 0 Å². The summed E-state index contributed by atoms with van der Waals surface area (Å²) in [5.41, 5.74) is 5.62. The predicted octanol–water partition coefficient (Wildman–Crippen LogP) is 3.98. The average molecular weight is 378 g/mol. The van der Waals surface area contributed by atoms with Gasteiger partial charge >= 0.3 is 6.18 Å². The minimum Gasteiger partial charge on any atom is -0.383 e. The second-order valence-corrected chi connectivity index (χ2v) is 6.37. The van der Waals surface area contributed by atoms with Gasteiger partial charge in [-0.3, -0.25) is 4.79 Å². The minimum atomic E-state index is -4.50. The first-order valence-corrected chi connectivity index (χ1v) is 8.27. The molecule has 1 aromatic carbocycles. The van der Waals surface area contributed by atoms with E-state index in [4.69, 9.17) is 5.73 Å². The number of carbonyl (C=O) groups is 1. The largest absolute Gasteiger partial charge is 0.416 e. The summed E-state index contributed by atoms with van der Waals surface area (Å²) < 4.78 is 38.4. The number of aromatic nitrogens is 2. The summed E-state index contributed by atoms with van der Waals surface area (Å²) >= 11 is 1.06. The van der Waals surface area contributed by atoms with E-state index in [9.17, 15) is 18.0 Å². The van der Waals surface area contributed by atoms with E-state index >= 15 is 0 Å². The third-order valence-electron chi connectivity index (χ3n) is 3.54. The number of nitrogen functional groups attached to an aromatic ring is 1. The van der Waals surface area contributed by atoms with E-state index in [1.807, 2.05) is 0 Å². The van der Waals surface area contributed by atoms with Crippen LogP contribution in [-0.4, -0.2) is 15.8 Å². The van der Waals surface area contributed by atoms with Gasteiger partial charge in [0.2, 0.25) is 5.78 Å². The van der Waals surface area contributed by atoms with Crippen LogP contribution < -0.4 is 11.1 Å². The molecule has 0 fully saturated rings. The Labute approximate surface area is 150 Å². The van der Waals surface area contributed by atoms with Crippen LogP contribution in [-0.2, 0) is 12.7 Å². The standard InChI is InChI=1S/C17H13F3N4OS/c18-17(19,20)12-5-1-3-10(7-12)14(25)13-9-24-16(26-13)23-8-11-4-2-6-22-15(11)21/h1-7,9H,8H2,(H2,21,22)(H,23,24). The van der Waals surface area contributed by atoms with Crippen LogP contribution in [0.5, 0.6) is 0 Å². The van der Waals surface area contributed by atoms with Crippen LogP contribution in [0.15, 0.2) is 48.8 Å². The third-order valence-corrected chi connectivity index (χ3v) is 4.49. The Morgan fingerprint density at radius 1 is 1.19 bits per heavy atom. The normalized spacial score (nSPS) is 11.3. The van der Waals surface area contributed by atoms with Gasteiger partial charge in [-0.25, -0.2) is 9.97 Å². The summed E-state index contributed by atoms with van der Waals surface area (Å²) in [5.74, 6) is -0.126. The highest BCUT2D eigenvalue weighted by Crippen LogP contribution is 2.30. The van der Waals surface area contributed by atoms with Gasteiger partial charge in [-0.05, 0) is 18.2 Å². The highest BCUT2D eigenvalue weighted by Gasteiger charge is 2.31. The lowest BCUT2D eigenvalue weighted by atomic mass is 10.1. The number of hydrogen-bond acceptors (Lipinski definition) is 6. The predicted molar refractivity (Wildman–Crippen MR) is 93.0 cm³/mol.